The third kappa shape index (κ3) is 5.39. The summed E-state index contributed by atoms with van der Waals surface area (Å²) in [6, 6.07) is 3.99. The topological polar surface area (TPSA) is 126 Å². The molecule has 10 heteroatoms. The van der Waals surface area contributed by atoms with Crippen LogP contribution in [0, 0.1) is 11.7 Å². The number of nitrogens with two attached hydrogens (primary N) is 1. The number of amides is 1. The molecule has 2 fully saturated rings. The second-order valence-electron chi connectivity index (χ2n) is 7.50. The van der Waals surface area contributed by atoms with Crippen molar-refractivity contribution in [3.05, 3.63) is 29.6 Å². The van der Waals surface area contributed by atoms with Crippen molar-refractivity contribution in [3.8, 4) is 0 Å². The third-order valence-corrected chi connectivity index (χ3v) is 5.96. The lowest BCUT2D eigenvalue weighted by atomic mass is 9.93. The monoisotopic (exact) mass is 426 g/mol. The van der Waals surface area contributed by atoms with Crippen molar-refractivity contribution >= 4 is 28.5 Å². The van der Waals surface area contributed by atoms with E-state index in [1.807, 2.05) is 0 Å². The molecule has 160 valence electrons. The first-order chi connectivity index (χ1) is 13.8. The maximum atomic E-state index is 14.7. The summed E-state index contributed by atoms with van der Waals surface area (Å²) >= 11 is -2.50. The molecule has 0 aliphatic carbocycles. The van der Waals surface area contributed by atoms with Crippen LogP contribution < -0.4 is 11.1 Å². The first-order valence-electron chi connectivity index (χ1n) is 9.50. The fourth-order valence-corrected chi connectivity index (χ4v) is 4.25. The smallest absolute Gasteiger partial charge is 0.253 e. The lowest BCUT2D eigenvalue weighted by Crippen LogP contribution is -2.34. The molecule has 8 nitrogen and oxygen atoms in total. The van der Waals surface area contributed by atoms with Crippen LogP contribution in [-0.4, -0.2) is 52.2 Å². The van der Waals surface area contributed by atoms with Crippen molar-refractivity contribution in [3.63, 3.8) is 0 Å². The van der Waals surface area contributed by atoms with Crippen LogP contribution in [0.5, 0.6) is 0 Å². The molecule has 4 atom stereocenters. The van der Waals surface area contributed by atoms with Crippen molar-refractivity contribution in [1.82, 2.24) is 0 Å². The third-order valence-electron chi connectivity index (χ3n) is 5.16. The number of benzene rings is 1. The van der Waals surface area contributed by atoms with E-state index in [9.17, 15) is 17.9 Å². The first kappa shape index (κ1) is 21.8. The Hall–Kier alpha value is -1.88. The predicted octanol–water partition coefficient (Wildman–Crippen LogP) is 1.43. The number of amidine groups is 1. The molecular weight excluding hydrogens is 401 g/mol. The molecule has 1 amide bonds. The fourth-order valence-electron chi connectivity index (χ4n) is 3.57. The fraction of sp³-hybridized carbons (Fsp3) is 0.579. The maximum absolute atomic E-state index is 14.7. The molecule has 0 radical (unpaired) electrons. The zero-order valence-corrected chi connectivity index (χ0v) is 17.0. The van der Waals surface area contributed by atoms with Gasteiger partial charge in [-0.15, -0.1) is 0 Å². The number of rotatable bonds is 7. The van der Waals surface area contributed by atoms with E-state index in [1.54, 1.807) is 0 Å². The lowest BCUT2D eigenvalue weighted by molar-refractivity contribution is -0.124. The van der Waals surface area contributed by atoms with E-state index in [4.69, 9.17) is 15.2 Å². The standard InChI is InChI=1S/C19H26FN3O5S/c1-19(11-29(25)26,23-17(21)12-6-8-27-10-12)14-9-13(4-5-15(14)20)22-18(24)16-3-2-7-28-16/h4-5,9,12,16H,2-3,6-8,10-11H2,1H3,(H2,21,23)(H,22,24)(H,25,26)/p-1/t12-,16-,19+/m1/s1. The minimum atomic E-state index is -2.50. The maximum Gasteiger partial charge on any atom is 0.253 e. The van der Waals surface area contributed by atoms with Crippen LogP contribution in [0.15, 0.2) is 23.2 Å². The summed E-state index contributed by atoms with van der Waals surface area (Å²) < 4.78 is 48.4. The van der Waals surface area contributed by atoms with Gasteiger partial charge in [-0.25, -0.2) is 4.39 Å². The molecule has 0 bridgehead atoms. The van der Waals surface area contributed by atoms with E-state index in [1.165, 1.54) is 25.1 Å². The minimum Gasteiger partial charge on any atom is -0.772 e. The van der Waals surface area contributed by atoms with Gasteiger partial charge in [0.25, 0.3) is 5.91 Å². The Labute approximate surface area is 171 Å². The second-order valence-corrected chi connectivity index (χ2v) is 8.40. The van der Waals surface area contributed by atoms with Crippen molar-refractivity contribution < 1.29 is 27.4 Å². The Morgan fingerprint density at radius 2 is 2.24 bits per heavy atom. The average Bonchev–Trinajstić information content (AvgIpc) is 3.36. The van der Waals surface area contributed by atoms with Gasteiger partial charge in [-0.1, -0.05) is 11.1 Å². The summed E-state index contributed by atoms with van der Waals surface area (Å²) in [5.74, 6) is -1.32. The molecular formula is C19H25FN3O5S-. The number of ether oxygens (including phenoxy) is 2. The van der Waals surface area contributed by atoms with Crippen molar-refractivity contribution in [2.24, 2.45) is 16.6 Å². The van der Waals surface area contributed by atoms with Gasteiger partial charge in [0.05, 0.1) is 12.1 Å². The van der Waals surface area contributed by atoms with Crippen molar-refractivity contribution in [1.29, 1.82) is 0 Å². The Kier molecular flexibility index (Phi) is 6.99. The Balaban J connectivity index is 1.90. The number of carbonyl (C=O) groups is 1. The molecule has 3 N–H and O–H groups in total. The van der Waals surface area contributed by atoms with E-state index in [-0.39, 0.29) is 23.2 Å². The van der Waals surface area contributed by atoms with Crippen LogP contribution in [0.2, 0.25) is 0 Å². The number of hydrogen-bond acceptors (Lipinski definition) is 6. The zero-order valence-electron chi connectivity index (χ0n) is 16.2. The SMILES string of the molecule is C[C@@](CS(=O)[O-])(N=C(N)[C@@H]1CCOC1)c1cc(NC(=O)[C@H]2CCCO2)ccc1F. The Morgan fingerprint density at radius 3 is 2.86 bits per heavy atom. The largest absolute Gasteiger partial charge is 0.772 e. The van der Waals surface area contributed by atoms with Gasteiger partial charge in [-0.05, 0) is 44.4 Å². The van der Waals surface area contributed by atoms with Crippen molar-refractivity contribution in [2.75, 3.05) is 30.9 Å². The molecule has 2 aliphatic rings. The molecule has 0 aromatic heterocycles. The number of carbonyl (C=O) groups excluding carboxylic acids is 1. The molecule has 2 saturated heterocycles. The quantitative estimate of drug-likeness (QED) is 0.386. The molecule has 0 spiro atoms. The van der Waals surface area contributed by atoms with Crippen LogP contribution >= 0.6 is 0 Å². The molecule has 2 heterocycles. The Morgan fingerprint density at radius 1 is 1.45 bits per heavy atom. The van der Waals surface area contributed by atoms with Gasteiger partial charge in [0, 0.05) is 36.1 Å². The highest BCUT2D eigenvalue weighted by molar-refractivity contribution is 7.79. The lowest BCUT2D eigenvalue weighted by Gasteiger charge is -2.29. The van der Waals surface area contributed by atoms with Crippen LogP contribution in [0.25, 0.3) is 0 Å². The number of nitrogens with one attached hydrogen (secondary N) is 1. The van der Waals surface area contributed by atoms with E-state index < -0.39 is 34.3 Å². The van der Waals surface area contributed by atoms with E-state index in [0.29, 0.717) is 38.3 Å². The summed E-state index contributed by atoms with van der Waals surface area (Å²) in [6.45, 7) is 2.98. The van der Waals surface area contributed by atoms with Crippen LogP contribution in [0.1, 0.15) is 31.7 Å². The number of halogens is 1. The number of nitrogens with zero attached hydrogens (tertiary/aromatic N) is 1. The predicted molar refractivity (Wildman–Crippen MR) is 106 cm³/mol. The van der Waals surface area contributed by atoms with Gasteiger partial charge in [0.2, 0.25) is 0 Å². The first-order valence-corrected chi connectivity index (χ1v) is 10.7. The van der Waals surface area contributed by atoms with E-state index >= 15 is 0 Å². The van der Waals surface area contributed by atoms with Crippen LogP contribution in [0.4, 0.5) is 10.1 Å². The number of anilines is 1. The van der Waals surface area contributed by atoms with Gasteiger partial charge < -0.3 is 25.1 Å². The summed E-state index contributed by atoms with van der Waals surface area (Å²) in [4.78, 5) is 16.7. The molecule has 1 unspecified atom stereocenters. The minimum absolute atomic E-state index is 0.0358. The van der Waals surface area contributed by atoms with Gasteiger partial charge in [-0.2, -0.15) is 0 Å². The van der Waals surface area contributed by atoms with Gasteiger partial charge in [0.1, 0.15) is 17.8 Å². The average molecular weight is 426 g/mol. The number of aliphatic imine (C=N–C) groups is 1. The highest BCUT2D eigenvalue weighted by Crippen LogP contribution is 2.32. The van der Waals surface area contributed by atoms with Gasteiger partial charge in [-0.3, -0.25) is 14.0 Å². The summed E-state index contributed by atoms with van der Waals surface area (Å²) in [5, 5.41) is 2.70. The normalized spacial score (nSPS) is 25.6. The van der Waals surface area contributed by atoms with Crippen LogP contribution in [-0.2, 0) is 30.9 Å². The summed E-state index contributed by atoms with van der Waals surface area (Å²) in [6.07, 6.45) is 1.56. The van der Waals surface area contributed by atoms with Crippen molar-refractivity contribution in [2.45, 2.75) is 37.8 Å². The van der Waals surface area contributed by atoms with Gasteiger partial charge in [0.15, 0.2) is 0 Å². The second kappa shape index (κ2) is 9.29. The number of hydrogen-bond donors (Lipinski definition) is 2. The molecule has 3 rings (SSSR count). The molecule has 0 saturated carbocycles. The molecule has 1 aromatic rings. The van der Waals surface area contributed by atoms with E-state index in [0.717, 1.165) is 6.42 Å². The summed E-state index contributed by atoms with van der Waals surface area (Å²) in [5.41, 5.74) is 5.01. The zero-order chi connectivity index (χ0) is 21.0. The van der Waals surface area contributed by atoms with Gasteiger partial charge >= 0.3 is 0 Å². The highest BCUT2D eigenvalue weighted by atomic mass is 32.2. The molecule has 29 heavy (non-hydrogen) atoms. The van der Waals surface area contributed by atoms with Crippen LogP contribution in [0.3, 0.4) is 0 Å². The molecule has 1 aromatic carbocycles. The Bertz CT molecular complexity index is 809. The highest BCUT2D eigenvalue weighted by Gasteiger charge is 2.32. The molecule has 2 aliphatic heterocycles. The van der Waals surface area contributed by atoms with E-state index in [2.05, 4.69) is 10.3 Å². The summed E-state index contributed by atoms with van der Waals surface area (Å²) in [7, 11) is 0.